The van der Waals surface area contributed by atoms with Crippen LogP contribution in [0.5, 0.6) is 0 Å². The first-order chi connectivity index (χ1) is 13.8. The van der Waals surface area contributed by atoms with Crippen molar-refractivity contribution in [3.8, 4) is 0 Å². The van der Waals surface area contributed by atoms with Crippen LogP contribution in [0, 0.1) is 0 Å². The topological polar surface area (TPSA) is 32.8 Å². The molecule has 1 aliphatic rings. The molecule has 0 saturated carbocycles. The van der Waals surface area contributed by atoms with Crippen LogP contribution >= 0.6 is 0 Å². The summed E-state index contributed by atoms with van der Waals surface area (Å²) in [7, 11) is 0. The zero-order chi connectivity index (χ0) is 19.2. The molecule has 1 saturated heterocycles. The first-order valence-corrected chi connectivity index (χ1v) is 9.98. The molecule has 0 radical (unpaired) electrons. The lowest BCUT2D eigenvalue weighted by Gasteiger charge is -2.36. The van der Waals surface area contributed by atoms with E-state index >= 15 is 0 Å². The SMILES string of the molecule is O=C(OCCCN1CCN(c2ccccc2)CC1)c1cccc2ccccc12. The van der Waals surface area contributed by atoms with Crippen molar-refractivity contribution in [3.05, 3.63) is 78.4 Å². The van der Waals surface area contributed by atoms with Gasteiger partial charge in [0.2, 0.25) is 0 Å². The molecule has 0 aliphatic carbocycles. The summed E-state index contributed by atoms with van der Waals surface area (Å²) >= 11 is 0. The summed E-state index contributed by atoms with van der Waals surface area (Å²) < 4.78 is 5.54. The van der Waals surface area contributed by atoms with Gasteiger partial charge in [-0.3, -0.25) is 4.90 Å². The number of rotatable bonds is 6. The van der Waals surface area contributed by atoms with Crippen LogP contribution in [0.4, 0.5) is 5.69 Å². The Labute approximate surface area is 166 Å². The number of hydrogen-bond donors (Lipinski definition) is 0. The van der Waals surface area contributed by atoms with Gasteiger partial charge in [0.15, 0.2) is 0 Å². The van der Waals surface area contributed by atoms with Crippen molar-refractivity contribution in [3.63, 3.8) is 0 Å². The number of para-hydroxylation sites is 1. The Morgan fingerprint density at radius 1 is 0.821 bits per heavy atom. The molecule has 0 bridgehead atoms. The van der Waals surface area contributed by atoms with Crippen molar-refractivity contribution >= 4 is 22.4 Å². The van der Waals surface area contributed by atoms with Gasteiger partial charge in [0.1, 0.15) is 0 Å². The third-order valence-corrected chi connectivity index (χ3v) is 5.36. The number of nitrogens with zero attached hydrogens (tertiary/aromatic N) is 2. The number of esters is 1. The van der Waals surface area contributed by atoms with Crippen LogP contribution in [0.15, 0.2) is 72.8 Å². The highest BCUT2D eigenvalue weighted by molar-refractivity contribution is 6.04. The van der Waals surface area contributed by atoms with Gasteiger partial charge in [-0.1, -0.05) is 54.6 Å². The molecule has 1 aliphatic heterocycles. The molecule has 0 amide bonds. The molecule has 0 atom stereocenters. The van der Waals surface area contributed by atoms with Crippen LogP contribution < -0.4 is 4.90 Å². The summed E-state index contributed by atoms with van der Waals surface area (Å²) in [5.41, 5.74) is 1.95. The maximum atomic E-state index is 12.5. The number of piperazine rings is 1. The quantitative estimate of drug-likeness (QED) is 0.478. The molecule has 0 N–H and O–H groups in total. The van der Waals surface area contributed by atoms with Gasteiger partial charge in [0.25, 0.3) is 0 Å². The zero-order valence-corrected chi connectivity index (χ0v) is 16.1. The highest BCUT2D eigenvalue weighted by Gasteiger charge is 2.17. The van der Waals surface area contributed by atoms with Gasteiger partial charge in [-0.25, -0.2) is 4.79 Å². The standard InChI is InChI=1S/C24H26N2O2/c27-24(23-13-6-9-20-8-4-5-12-22(20)23)28-19-7-14-25-15-17-26(18-16-25)21-10-2-1-3-11-21/h1-6,8-13H,7,14-19H2. The Balaban J connectivity index is 1.21. The summed E-state index contributed by atoms with van der Waals surface area (Å²) in [5.74, 6) is -0.231. The predicted molar refractivity (Wildman–Crippen MR) is 114 cm³/mol. The maximum absolute atomic E-state index is 12.5. The third-order valence-electron chi connectivity index (χ3n) is 5.36. The minimum Gasteiger partial charge on any atom is -0.462 e. The fourth-order valence-corrected chi connectivity index (χ4v) is 3.80. The molecule has 0 aromatic heterocycles. The minimum absolute atomic E-state index is 0.231. The number of benzene rings is 3. The Kier molecular flexibility index (Phi) is 5.88. The Morgan fingerprint density at radius 3 is 2.36 bits per heavy atom. The molecule has 3 aromatic carbocycles. The van der Waals surface area contributed by atoms with Crippen LogP contribution in [0.25, 0.3) is 10.8 Å². The number of carbonyl (C=O) groups excluding carboxylic acids is 1. The van der Waals surface area contributed by atoms with Gasteiger partial charge < -0.3 is 9.64 Å². The monoisotopic (exact) mass is 374 g/mol. The van der Waals surface area contributed by atoms with Crippen molar-refractivity contribution < 1.29 is 9.53 Å². The lowest BCUT2D eigenvalue weighted by atomic mass is 10.1. The molecule has 1 heterocycles. The van der Waals surface area contributed by atoms with Crippen molar-refractivity contribution in [2.75, 3.05) is 44.2 Å². The molecular weight excluding hydrogens is 348 g/mol. The largest absolute Gasteiger partial charge is 0.462 e. The van der Waals surface area contributed by atoms with E-state index in [0.29, 0.717) is 12.2 Å². The second-order valence-electron chi connectivity index (χ2n) is 7.18. The Hall–Kier alpha value is -2.85. The molecule has 4 heteroatoms. The van der Waals surface area contributed by atoms with E-state index in [0.717, 1.165) is 49.9 Å². The molecule has 0 unspecified atom stereocenters. The van der Waals surface area contributed by atoms with Crippen LogP contribution in [0.2, 0.25) is 0 Å². The summed E-state index contributed by atoms with van der Waals surface area (Å²) in [5, 5.41) is 2.01. The fourth-order valence-electron chi connectivity index (χ4n) is 3.80. The second kappa shape index (κ2) is 8.89. The Morgan fingerprint density at radius 2 is 1.54 bits per heavy atom. The lowest BCUT2D eigenvalue weighted by molar-refractivity contribution is 0.0489. The number of carbonyl (C=O) groups is 1. The summed E-state index contributed by atoms with van der Waals surface area (Å²) in [6.45, 7) is 5.60. The van der Waals surface area contributed by atoms with Crippen LogP contribution in [0.3, 0.4) is 0 Å². The molecule has 0 spiro atoms. The molecule has 4 rings (SSSR count). The van der Waals surface area contributed by atoms with E-state index in [1.165, 1.54) is 5.69 Å². The predicted octanol–water partition coefficient (Wildman–Crippen LogP) is 4.21. The molecule has 3 aromatic rings. The van der Waals surface area contributed by atoms with Crippen LogP contribution in [0.1, 0.15) is 16.8 Å². The lowest BCUT2D eigenvalue weighted by Crippen LogP contribution is -2.46. The van der Waals surface area contributed by atoms with Crippen LogP contribution in [-0.2, 0) is 4.74 Å². The van der Waals surface area contributed by atoms with E-state index in [1.54, 1.807) is 0 Å². The second-order valence-corrected chi connectivity index (χ2v) is 7.18. The van der Waals surface area contributed by atoms with Crippen molar-refractivity contribution in [2.24, 2.45) is 0 Å². The van der Waals surface area contributed by atoms with Crippen molar-refractivity contribution in [1.82, 2.24) is 4.90 Å². The van der Waals surface area contributed by atoms with E-state index in [2.05, 4.69) is 40.1 Å². The summed E-state index contributed by atoms with van der Waals surface area (Å²) in [4.78, 5) is 17.3. The first kappa shape index (κ1) is 18.5. The number of fused-ring (bicyclic) bond motifs is 1. The normalized spacial score (nSPS) is 14.9. The van der Waals surface area contributed by atoms with E-state index in [4.69, 9.17) is 4.74 Å². The summed E-state index contributed by atoms with van der Waals surface area (Å²) in [6.07, 6.45) is 0.863. The zero-order valence-electron chi connectivity index (χ0n) is 16.1. The highest BCUT2D eigenvalue weighted by Crippen LogP contribution is 2.19. The minimum atomic E-state index is -0.231. The highest BCUT2D eigenvalue weighted by atomic mass is 16.5. The smallest absolute Gasteiger partial charge is 0.338 e. The van der Waals surface area contributed by atoms with Gasteiger partial charge in [0.05, 0.1) is 12.2 Å². The molecule has 144 valence electrons. The molecule has 28 heavy (non-hydrogen) atoms. The average Bonchev–Trinajstić information content (AvgIpc) is 2.77. The molecule has 1 fully saturated rings. The van der Waals surface area contributed by atoms with E-state index < -0.39 is 0 Å². The van der Waals surface area contributed by atoms with Gasteiger partial charge in [-0.15, -0.1) is 0 Å². The van der Waals surface area contributed by atoms with Gasteiger partial charge in [0, 0.05) is 38.4 Å². The third kappa shape index (κ3) is 4.34. The molecular formula is C24H26N2O2. The fraction of sp³-hybridized carbons (Fsp3) is 0.292. The number of ether oxygens (including phenoxy) is 1. The van der Waals surface area contributed by atoms with Gasteiger partial charge in [-0.2, -0.15) is 0 Å². The number of anilines is 1. The Bertz CT molecular complexity index is 913. The van der Waals surface area contributed by atoms with Crippen LogP contribution in [-0.4, -0.2) is 50.2 Å². The average molecular weight is 374 g/mol. The van der Waals surface area contributed by atoms with Gasteiger partial charge >= 0.3 is 5.97 Å². The van der Waals surface area contributed by atoms with E-state index in [-0.39, 0.29) is 5.97 Å². The van der Waals surface area contributed by atoms with Crippen molar-refractivity contribution in [1.29, 1.82) is 0 Å². The van der Waals surface area contributed by atoms with Crippen molar-refractivity contribution in [2.45, 2.75) is 6.42 Å². The maximum Gasteiger partial charge on any atom is 0.338 e. The molecule has 4 nitrogen and oxygen atoms in total. The van der Waals surface area contributed by atoms with E-state index in [1.807, 2.05) is 42.5 Å². The first-order valence-electron chi connectivity index (χ1n) is 9.98. The van der Waals surface area contributed by atoms with Gasteiger partial charge in [-0.05, 0) is 35.4 Å². The number of hydrogen-bond acceptors (Lipinski definition) is 4. The van der Waals surface area contributed by atoms with E-state index in [9.17, 15) is 4.79 Å². The summed E-state index contributed by atoms with van der Waals surface area (Å²) in [6, 6.07) is 24.3.